The second-order valence-corrected chi connectivity index (χ2v) is 11.7. The monoisotopic (exact) mass is 582 g/mol. The van der Waals surface area contributed by atoms with Crippen molar-refractivity contribution in [1.82, 2.24) is 29.3 Å². The molecule has 44 heavy (non-hydrogen) atoms. The van der Waals surface area contributed by atoms with Gasteiger partial charge in [-0.15, -0.1) is 11.3 Å². The number of aromatic nitrogens is 6. The Morgan fingerprint density at radius 2 is 1.09 bits per heavy atom. The van der Waals surface area contributed by atoms with Crippen LogP contribution < -0.4 is 0 Å². The Morgan fingerprint density at radius 1 is 0.500 bits per heavy atom. The van der Waals surface area contributed by atoms with E-state index in [0.29, 0.717) is 23.3 Å². The molecule has 9 rings (SSSR count). The van der Waals surface area contributed by atoms with Crippen LogP contribution in [0, 0.1) is 0 Å². The van der Waals surface area contributed by atoms with Gasteiger partial charge in [-0.2, -0.15) is 0 Å². The average molecular weight is 583 g/mol. The molecule has 0 atom stereocenters. The Labute approximate surface area is 256 Å². The van der Waals surface area contributed by atoms with Gasteiger partial charge in [0.1, 0.15) is 10.3 Å². The third-order valence-corrected chi connectivity index (χ3v) is 9.08. The second kappa shape index (κ2) is 9.90. The van der Waals surface area contributed by atoms with Crippen LogP contribution >= 0.6 is 11.3 Å². The van der Waals surface area contributed by atoms with Gasteiger partial charge in [0.2, 0.25) is 5.78 Å². The quantitative estimate of drug-likeness (QED) is 0.207. The van der Waals surface area contributed by atoms with Gasteiger partial charge in [-0.3, -0.25) is 4.40 Å². The summed E-state index contributed by atoms with van der Waals surface area (Å²) in [7, 11) is 0. The maximum absolute atomic E-state index is 4.90. The van der Waals surface area contributed by atoms with E-state index in [1.807, 2.05) is 66.9 Å². The van der Waals surface area contributed by atoms with Gasteiger partial charge in [-0.1, -0.05) is 103 Å². The molecule has 7 heteroatoms. The van der Waals surface area contributed by atoms with Crippen molar-refractivity contribution in [1.29, 1.82) is 0 Å². The predicted octanol–water partition coefficient (Wildman–Crippen LogP) is 9.10. The molecule has 0 bridgehead atoms. The molecule has 5 aromatic carbocycles. The van der Waals surface area contributed by atoms with Crippen molar-refractivity contribution in [2.24, 2.45) is 0 Å². The maximum Gasteiger partial charge on any atom is 0.235 e. The summed E-state index contributed by atoms with van der Waals surface area (Å²) in [5, 5.41) is 3.41. The Morgan fingerprint density at radius 3 is 1.80 bits per heavy atom. The second-order valence-electron chi connectivity index (χ2n) is 10.7. The van der Waals surface area contributed by atoms with Gasteiger partial charge in [0.25, 0.3) is 0 Å². The number of rotatable bonds is 4. The first-order valence-corrected chi connectivity index (χ1v) is 15.2. The highest BCUT2D eigenvalue weighted by atomic mass is 32.1. The summed E-state index contributed by atoms with van der Waals surface area (Å²) in [5.41, 5.74) is 5.99. The minimum atomic E-state index is 0.644. The van der Waals surface area contributed by atoms with Crippen LogP contribution in [-0.2, 0) is 0 Å². The smallest absolute Gasteiger partial charge is 0.235 e. The molecule has 0 spiro atoms. The molecule has 0 unspecified atom stereocenters. The first-order chi connectivity index (χ1) is 21.8. The van der Waals surface area contributed by atoms with E-state index in [0.717, 1.165) is 48.9 Å². The number of thiophene rings is 1. The van der Waals surface area contributed by atoms with Gasteiger partial charge < -0.3 is 0 Å². The van der Waals surface area contributed by atoms with Crippen LogP contribution in [0.25, 0.3) is 82.3 Å². The molecule has 0 aliphatic carbocycles. The summed E-state index contributed by atoms with van der Waals surface area (Å²) in [6, 6.07) is 41.4. The van der Waals surface area contributed by atoms with Gasteiger partial charge in [0.15, 0.2) is 17.5 Å². The van der Waals surface area contributed by atoms with E-state index < -0.39 is 0 Å². The fourth-order valence-electron chi connectivity index (χ4n) is 5.69. The average Bonchev–Trinajstić information content (AvgIpc) is 3.64. The lowest BCUT2D eigenvalue weighted by Gasteiger charge is -2.10. The molecule has 0 fully saturated rings. The van der Waals surface area contributed by atoms with Crippen LogP contribution in [0.5, 0.6) is 0 Å². The molecule has 0 aliphatic heterocycles. The molecular formula is C37H22N6S. The van der Waals surface area contributed by atoms with Crippen LogP contribution in [-0.4, -0.2) is 29.3 Å². The predicted molar refractivity (Wildman–Crippen MR) is 179 cm³/mol. The summed E-state index contributed by atoms with van der Waals surface area (Å²) in [6.07, 6.45) is 4.05. The first kappa shape index (κ1) is 24.8. The summed E-state index contributed by atoms with van der Waals surface area (Å²) in [4.78, 5) is 25.3. The Hall–Kier alpha value is -5.79. The molecule has 9 aromatic rings. The van der Waals surface area contributed by atoms with Crippen LogP contribution in [0.3, 0.4) is 0 Å². The molecule has 0 N–H and O–H groups in total. The van der Waals surface area contributed by atoms with Crippen molar-refractivity contribution >= 4 is 48.3 Å². The molecule has 4 heterocycles. The van der Waals surface area contributed by atoms with E-state index in [4.69, 9.17) is 24.9 Å². The highest BCUT2D eigenvalue weighted by Gasteiger charge is 2.15. The van der Waals surface area contributed by atoms with Crippen molar-refractivity contribution in [3.05, 3.63) is 134 Å². The number of hydrogen-bond acceptors (Lipinski definition) is 6. The fourth-order valence-corrected chi connectivity index (χ4v) is 6.81. The molecule has 6 nitrogen and oxygen atoms in total. The van der Waals surface area contributed by atoms with E-state index >= 15 is 0 Å². The lowest BCUT2D eigenvalue weighted by atomic mass is 10.0. The molecule has 0 saturated heterocycles. The zero-order valence-corrected chi connectivity index (χ0v) is 24.1. The third-order valence-electron chi connectivity index (χ3n) is 7.92. The van der Waals surface area contributed by atoms with Crippen molar-refractivity contribution in [2.45, 2.75) is 0 Å². The molecule has 0 amide bonds. The number of benzene rings is 5. The lowest BCUT2D eigenvalue weighted by Crippen LogP contribution is -2.00. The van der Waals surface area contributed by atoms with Gasteiger partial charge >= 0.3 is 0 Å². The SMILES string of the molecule is c1ccc(-c2nc(-c3ccccc3)nc(-c3ccc4cc(-c5cnc6nc7c8ccccc8sc7n6c5)ccc4c3)n2)cc1. The van der Waals surface area contributed by atoms with E-state index in [1.54, 1.807) is 11.3 Å². The highest BCUT2D eigenvalue weighted by molar-refractivity contribution is 7.25. The minimum absolute atomic E-state index is 0.644. The standard InChI is InChI=1S/C37H22N6S/c1-3-9-23(10-4-1)33-40-34(24-11-5-2-6-12-24)42-35(41-33)28-18-17-25-19-27(16-15-26(25)20-28)29-21-38-37-39-32-30-13-7-8-14-31(30)44-36(32)43(37)22-29/h1-22H. The van der Waals surface area contributed by atoms with Crippen molar-refractivity contribution in [2.75, 3.05) is 0 Å². The van der Waals surface area contributed by atoms with Gasteiger partial charge in [0, 0.05) is 44.7 Å². The Balaban J connectivity index is 1.12. The van der Waals surface area contributed by atoms with Crippen LogP contribution in [0.1, 0.15) is 0 Å². The number of imidazole rings is 1. The number of nitrogens with zero attached hydrogens (tertiary/aromatic N) is 6. The van der Waals surface area contributed by atoms with Crippen molar-refractivity contribution < 1.29 is 0 Å². The zero-order valence-electron chi connectivity index (χ0n) is 23.3. The summed E-state index contributed by atoms with van der Waals surface area (Å²) in [6.45, 7) is 0. The summed E-state index contributed by atoms with van der Waals surface area (Å²) < 4.78 is 3.34. The van der Waals surface area contributed by atoms with E-state index in [2.05, 4.69) is 71.3 Å². The van der Waals surface area contributed by atoms with Crippen LogP contribution in [0.4, 0.5) is 0 Å². The largest absolute Gasteiger partial charge is 0.274 e. The molecule has 0 saturated carbocycles. The minimum Gasteiger partial charge on any atom is -0.274 e. The van der Waals surface area contributed by atoms with Crippen molar-refractivity contribution in [3.63, 3.8) is 0 Å². The first-order valence-electron chi connectivity index (χ1n) is 14.3. The lowest BCUT2D eigenvalue weighted by molar-refractivity contribution is 1.07. The normalized spacial score (nSPS) is 11.6. The van der Waals surface area contributed by atoms with E-state index in [-0.39, 0.29) is 0 Å². The fraction of sp³-hybridized carbons (Fsp3) is 0. The Kier molecular flexibility index (Phi) is 5.57. The third kappa shape index (κ3) is 4.13. The molecule has 206 valence electrons. The van der Waals surface area contributed by atoms with Gasteiger partial charge in [-0.25, -0.2) is 24.9 Å². The summed E-state index contributed by atoms with van der Waals surface area (Å²) >= 11 is 1.75. The molecule has 0 aliphatic rings. The van der Waals surface area contributed by atoms with Crippen LogP contribution in [0.2, 0.25) is 0 Å². The molecular weight excluding hydrogens is 561 g/mol. The van der Waals surface area contributed by atoms with Crippen molar-refractivity contribution in [3.8, 4) is 45.3 Å². The number of hydrogen-bond donors (Lipinski definition) is 0. The number of fused-ring (bicyclic) bond motifs is 6. The summed E-state index contributed by atoms with van der Waals surface area (Å²) in [5.74, 6) is 2.67. The molecule has 4 aromatic heterocycles. The molecule has 0 radical (unpaired) electrons. The van der Waals surface area contributed by atoms with E-state index in [9.17, 15) is 0 Å². The topological polar surface area (TPSA) is 68.9 Å². The Bertz CT molecular complexity index is 2440. The zero-order chi connectivity index (χ0) is 29.0. The van der Waals surface area contributed by atoms with Gasteiger partial charge in [-0.05, 0) is 34.5 Å². The maximum atomic E-state index is 4.90. The van der Waals surface area contributed by atoms with E-state index in [1.165, 1.54) is 10.1 Å². The van der Waals surface area contributed by atoms with Gasteiger partial charge in [0.05, 0.1) is 0 Å². The van der Waals surface area contributed by atoms with Crippen LogP contribution in [0.15, 0.2) is 134 Å². The highest BCUT2D eigenvalue weighted by Crippen LogP contribution is 2.35.